The van der Waals surface area contributed by atoms with Crippen molar-refractivity contribution in [3.8, 4) is 0 Å². The third-order valence-electron chi connectivity index (χ3n) is 2.34. The van der Waals surface area contributed by atoms with Gasteiger partial charge in [-0.3, -0.25) is 4.98 Å². The number of nitrogens with zero attached hydrogens (tertiary/aromatic N) is 1. The van der Waals surface area contributed by atoms with Gasteiger partial charge in [-0.2, -0.15) is 0 Å². The monoisotopic (exact) mass is 164 g/mol. The molecule has 1 aromatic heterocycles. The highest BCUT2D eigenvalue weighted by molar-refractivity contribution is 5.17. The van der Waals surface area contributed by atoms with E-state index in [0.717, 1.165) is 12.8 Å². The van der Waals surface area contributed by atoms with E-state index in [0.29, 0.717) is 5.69 Å². The van der Waals surface area contributed by atoms with Crippen LogP contribution in [0, 0.1) is 0 Å². The zero-order valence-corrected chi connectivity index (χ0v) is 6.77. The molecule has 1 unspecified atom stereocenters. The molecule has 0 amide bonds. The second-order valence-electron chi connectivity index (χ2n) is 3.39. The molecule has 0 aliphatic heterocycles. The summed E-state index contributed by atoms with van der Waals surface area (Å²) in [6, 6.07) is 5.49. The van der Waals surface area contributed by atoms with E-state index >= 15 is 0 Å². The normalized spacial score (nSPS) is 21.8. The fourth-order valence-corrected chi connectivity index (χ4v) is 1.25. The van der Waals surface area contributed by atoms with Crippen molar-refractivity contribution in [3.63, 3.8) is 0 Å². The van der Waals surface area contributed by atoms with E-state index < -0.39 is 11.6 Å². The van der Waals surface area contributed by atoms with Gasteiger partial charge in [-0.15, -0.1) is 0 Å². The van der Waals surface area contributed by atoms with Crippen LogP contribution in [0.15, 0.2) is 24.4 Å². The molecule has 1 aliphatic rings. The first kappa shape index (κ1) is 7.71. The summed E-state index contributed by atoms with van der Waals surface area (Å²) in [6.45, 7) is 0. The van der Waals surface area contributed by atoms with Gasteiger partial charge in [-0.05, 0) is 25.0 Å². The third kappa shape index (κ3) is 1.21. The molecule has 0 aromatic carbocycles. The first-order chi connectivity index (χ1) is 5.72. The molecular formula is C9H12N2O. The molecule has 1 aromatic rings. The van der Waals surface area contributed by atoms with Gasteiger partial charge in [0.1, 0.15) is 6.10 Å². The molecule has 3 N–H and O–H groups in total. The van der Waals surface area contributed by atoms with Crippen molar-refractivity contribution in [1.29, 1.82) is 0 Å². The Balaban J connectivity index is 2.20. The Morgan fingerprint density at radius 1 is 1.50 bits per heavy atom. The maximum Gasteiger partial charge on any atom is 0.114 e. The standard InChI is InChI=1S/C9H12N2O/c10-9(4-5-9)8(12)7-3-1-2-6-11-7/h1-3,6,8,12H,4-5,10H2. The van der Waals surface area contributed by atoms with Crippen LogP contribution in [0.5, 0.6) is 0 Å². The van der Waals surface area contributed by atoms with Gasteiger partial charge in [-0.25, -0.2) is 0 Å². The Morgan fingerprint density at radius 3 is 2.75 bits per heavy atom. The smallest absolute Gasteiger partial charge is 0.114 e. The van der Waals surface area contributed by atoms with E-state index in [-0.39, 0.29) is 0 Å². The molecule has 1 aliphatic carbocycles. The maximum absolute atomic E-state index is 9.73. The van der Waals surface area contributed by atoms with Gasteiger partial charge < -0.3 is 10.8 Å². The SMILES string of the molecule is NC1(C(O)c2ccccn2)CC1. The molecule has 3 nitrogen and oxygen atoms in total. The average Bonchev–Trinajstić information content (AvgIpc) is 2.85. The van der Waals surface area contributed by atoms with Crippen LogP contribution < -0.4 is 5.73 Å². The van der Waals surface area contributed by atoms with E-state index in [2.05, 4.69) is 4.98 Å². The number of rotatable bonds is 2. The second-order valence-corrected chi connectivity index (χ2v) is 3.39. The van der Waals surface area contributed by atoms with Crippen molar-refractivity contribution in [2.24, 2.45) is 5.73 Å². The van der Waals surface area contributed by atoms with E-state index in [9.17, 15) is 5.11 Å². The molecule has 1 heterocycles. The zero-order chi connectivity index (χ0) is 8.60. The Hall–Kier alpha value is -0.930. The van der Waals surface area contributed by atoms with Crippen LogP contribution >= 0.6 is 0 Å². The first-order valence-corrected chi connectivity index (χ1v) is 4.10. The lowest BCUT2D eigenvalue weighted by atomic mass is 10.1. The van der Waals surface area contributed by atoms with Crippen molar-refractivity contribution >= 4 is 0 Å². The molecule has 1 fully saturated rings. The second kappa shape index (κ2) is 2.54. The Morgan fingerprint density at radius 2 is 2.25 bits per heavy atom. The van der Waals surface area contributed by atoms with Crippen LogP contribution in [-0.4, -0.2) is 15.6 Å². The van der Waals surface area contributed by atoms with E-state index in [1.54, 1.807) is 12.3 Å². The summed E-state index contributed by atoms with van der Waals surface area (Å²) in [5, 5.41) is 9.73. The molecule has 1 saturated carbocycles. The minimum absolute atomic E-state index is 0.394. The summed E-state index contributed by atoms with van der Waals surface area (Å²) in [7, 11) is 0. The largest absolute Gasteiger partial charge is 0.385 e. The highest BCUT2D eigenvalue weighted by Crippen LogP contribution is 2.42. The van der Waals surface area contributed by atoms with Crippen LogP contribution in [0.1, 0.15) is 24.6 Å². The lowest BCUT2D eigenvalue weighted by Crippen LogP contribution is -2.30. The molecule has 2 rings (SSSR count). The zero-order valence-electron chi connectivity index (χ0n) is 6.77. The minimum atomic E-state index is -0.598. The van der Waals surface area contributed by atoms with E-state index in [1.165, 1.54) is 0 Å². The topological polar surface area (TPSA) is 59.1 Å². The number of hydrogen-bond acceptors (Lipinski definition) is 3. The summed E-state index contributed by atoms with van der Waals surface area (Å²) >= 11 is 0. The molecular weight excluding hydrogens is 152 g/mol. The van der Waals surface area contributed by atoms with Crippen molar-refractivity contribution in [2.45, 2.75) is 24.5 Å². The van der Waals surface area contributed by atoms with Gasteiger partial charge in [0.25, 0.3) is 0 Å². The molecule has 12 heavy (non-hydrogen) atoms. The molecule has 1 atom stereocenters. The van der Waals surface area contributed by atoms with Gasteiger partial charge in [0.2, 0.25) is 0 Å². The average molecular weight is 164 g/mol. The highest BCUT2D eigenvalue weighted by Gasteiger charge is 2.46. The molecule has 0 radical (unpaired) electrons. The summed E-state index contributed by atoms with van der Waals surface area (Å²) in [6.07, 6.45) is 2.86. The van der Waals surface area contributed by atoms with Crippen molar-refractivity contribution in [2.75, 3.05) is 0 Å². The quantitative estimate of drug-likeness (QED) is 0.673. The lowest BCUT2D eigenvalue weighted by molar-refractivity contribution is 0.131. The molecule has 0 spiro atoms. The van der Waals surface area contributed by atoms with Crippen LogP contribution in [0.3, 0.4) is 0 Å². The molecule has 64 valence electrons. The van der Waals surface area contributed by atoms with Crippen LogP contribution in [0.2, 0.25) is 0 Å². The summed E-state index contributed by atoms with van der Waals surface area (Å²) < 4.78 is 0. The maximum atomic E-state index is 9.73. The number of pyridine rings is 1. The fourth-order valence-electron chi connectivity index (χ4n) is 1.25. The highest BCUT2D eigenvalue weighted by atomic mass is 16.3. The van der Waals surface area contributed by atoms with Gasteiger partial charge in [0.05, 0.1) is 5.69 Å². The number of nitrogens with two attached hydrogens (primary N) is 1. The van der Waals surface area contributed by atoms with Crippen LogP contribution in [-0.2, 0) is 0 Å². The van der Waals surface area contributed by atoms with E-state index in [4.69, 9.17) is 5.73 Å². The summed E-state index contributed by atoms with van der Waals surface area (Å²) in [5.74, 6) is 0. The summed E-state index contributed by atoms with van der Waals surface area (Å²) in [4.78, 5) is 4.06. The predicted octanol–water partition coefficient (Wildman–Crippen LogP) is 0.606. The summed E-state index contributed by atoms with van der Waals surface area (Å²) in [5.41, 5.74) is 6.12. The van der Waals surface area contributed by atoms with Gasteiger partial charge in [-0.1, -0.05) is 6.07 Å². The number of aliphatic hydroxyl groups is 1. The van der Waals surface area contributed by atoms with Gasteiger partial charge in [0, 0.05) is 11.7 Å². The number of hydrogen-bond donors (Lipinski definition) is 2. The van der Waals surface area contributed by atoms with Gasteiger partial charge >= 0.3 is 0 Å². The Kier molecular flexibility index (Phi) is 1.63. The number of aliphatic hydroxyl groups excluding tert-OH is 1. The third-order valence-corrected chi connectivity index (χ3v) is 2.34. The van der Waals surface area contributed by atoms with Crippen molar-refractivity contribution in [3.05, 3.63) is 30.1 Å². The first-order valence-electron chi connectivity index (χ1n) is 4.10. The molecule has 0 saturated heterocycles. The van der Waals surface area contributed by atoms with Crippen molar-refractivity contribution in [1.82, 2.24) is 4.98 Å². The number of aromatic nitrogens is 1. The molecule has 3 heteroatoms. The predicted molar refractivity (Wildman–Crippen MR) is 45.3 cm³/mol. The van der Waals surface area contributed by atoms with Crippen LogP contribution in [0.4, 0.5) is 0 Å². The van der Waals surface area contributed by atoms with Crippen LogP contribution in [0.25, 0.3) is 0 Å². The lowest BCUT2D eigenvalue weighted by Gasteiger charge is -2.16. The fraction of sp³-hybridized carbons (Fsp3) is 0.444. The minimum Gasteiger partial charge on any atom is -0.385 e. The van der Waals surface area contributed by atoms with E-state index in [1.807, 2.05) is 12.1 Å². The Bertz CT molecular complexity index is 269. The Labute approximate surface area is 71.2 Å². The van der Waals surface area contributed by atoms with Crippen molar-refractivity contribution < 1.29 is 5.11 Å². The van der Waals surface area contributed by atoms with Gasteiger partial charge in [0.15, 0.2) is 0 Å². The molecule has 0 bridgehead atoms.